The van der Waals surface area contributed by atoms with E-state index in [0.717, 1.165) is 0 Å². The minimum Gasteiger partial charge on any atom is -0.0622 e. The number of rotatable bonds is 12. The van der Waals surface area contributed by atoms with Crippen molar-refractivity contribution in [2.75, 3.05) is 12.3 Å². The minimum atomic E-state index is -8.19. The third kappa shape index (κ3) is 12.7. The molecule has 4 aromatic rings. The van der Waals surface area contributed by atoms with Crippen molar-refractivity contribution in [1.82, 2.24) is 0 Å². The molecule has 0 amide bonds. The van der Waals surface area contributed by atoms with Gasteiger partial charge in [-0.1, -0.05) is 121 Å². The van der Waals surface area contributed by atoms with Crippen molar-refractivity contribution in [1.29, 1.82) is 0 Å². The molecule has 0 aliphatic heterocycles. The molecule has 1 fully saturated rings. The number of hydrogen-bond donors (Lipinski definition) is 0. The van der Waals surface area contributed by atoms with Crippen LogP contribution in [0.2, 0.25) is 0 Å². The molecule has 57 heavy (non-hydrogen) atoms. The summed E-state index contributed by atoms with van der Waals surface area (Å²) in [6.07, 6.45) is -0.0515. The average molecular weight is 1020 g/mol. The molecule has 0 atom stereocenters. The molecular formula is C38H29CoF15IP2. The van der Waals surface area contributed by atoms with Gasteiger partial charge in [-0.05, 0) is 81.5 Å². The molecule has 5 rings (SSSR count). The minimum absolute atomic E-state index is 0.348. The first-order chi connectivity index (χ1) is 26.6. The molecule has 0 saturated heterocycles. The second kappa shape index (κ2) is 22.5. The number of benzene rings is 4. The van der Waals surface area contributed by atoms with Gasteiger partial charge in [-0.3, -0.25) is 0 Å². The summed E-state index contributed by atoms with van der Waals surface area (Å²) >= 11 is 5.37. The van der Waals surface area contributed by atoms with Crippen molar-refractivity contribution >= 4 is 57.5 Å². The molecule has 0 bridgehead atoms. The van der Waals surface area contributed by atoms with Crippen LogP contribution in [0.3, 0.4) is 0 Å². The Morgan fingerprint density at radius 1 is 0.386 bits per heavy atom. The van der Waals surface area contributed by atoms with Gasteiger partial charge in [-0.2, -0.15) is 48.3 Å². The van der Waals surface area contributed by atoms with Crippen molar-refractivity contribution < 1.29 is 78.4 Å². The molecule has 4 aromatic carbocycles. The van der Waals surface area contributed by atoms with Crippen LogP contribution in [0.25, 0.3) is 0 Å². The summed E-state index contributed by atoms with van der Waals surface area (Å²) in [6.45, 7) is 0. The van der Waals surface area contributed by atoms with Crippen molar-refractivity contribution in [3.05, 3.63) is 160 Å². The normalized spacial score (nSPS) is 14.0. The van der Waals surface area contributed by atoms with Gasteiger partial charge >= 0.3 is 62.8 Å². The van der Waals surface area contributed by atoms with E-state index in [1.807, 2.05) is 52.5 Å². The Morgan fingerprint density at radius 2 is 0.614 bits per heavy atom. The summed E-state index contributed by atoms with van der Waals surface area (Å²) in [6, 6.07) is 44.2. The number of alkyl halides is 13. The summed E-state index contributed by atoms with van der Waals surface area (Å²) < 4.78 is 181. The smallest absolute Gasteiger partial charge is 0.0195 e. The first-order valence-corrected chi connectivity index (χ1v) is 22.2. The summed E-state index contributed by atoms with van der Waals surface area (Å²) in [5.41, 5.74) is 0. The van der Waals surface area contributed by atoms with Gasteiger partial charge < -0.3 is 8.78 Å². The predicted molar refractivity (Wildman–Crippen MR) is 200 cm³/mol. The Morgan fingerprint density at radius 3 is 0.825 bits per heavy atom. The van der Waals surface area contributed by atoms with Crippen LogP contribution in [-0.4, -0.2) is 48.1 Å². The van der Waals surface area contributed by atoms with E-state index in [-0.39, 0.29) is 15.8 Å². The van der Waals surface area contributed by atoms with E-state index in [0.29, 0.717) is 0 Å². The maximum Gasteiger partial charge on any atom is -0.0195 e. The first kappa shape index (κ1) is 51.1. The Hall–Kier alpha value is -2.07. The van der Waals surface area contributed by atoms with Crippen molar-refractivity contribution in [2.45, 2.75) is 35.8 Å². The standard InChI is InChI=1S/C26H24P2.C7F15.C5H5.Co.HI/c1-5-13-23(14-6-1)27(24-15-7-2-8-16-24)21-22-28(25-17-9-3-10-18-25)26-19-11-4-12-20-26;8-1(9)2(10,11)3(12,13)4(14,15)5(16,17)6(18,19)7(20,21)22;1-2-4-5-3-1;;/h1-20H,21-22H2;;1-5H;;1H/q;-1;;+2;/p-1. The molecule has 1 saturated carbocycles. The van der Waals surface area contributed by atoms with E-state index in [2.05, 4.69) is 134 Å². The van der Waals surface area contributed by atoms with Gasteiger partial charge in [0.1, 0.15) is 0 Å². The topological polar surface area (TPSA) is 0 Å². The van der Waals surface area contributed by atoms with E-state index >= 15 is 0 Å². The van der Waals surface area contributed by atoms with E-state index in [1.165, 1.54) is 33.5 Å². The van der Waals surface area contributed by atoms with Crippen LogP contribution in [-0.2, 0) is 12.5 Å². The van der Waals surface area contributed by atoms with Gasteiger partial charge in [0.2, 0.25) is 0 Å². The molecular weight excluding hydrogens is 989 g/mol. The van der Waals surface area contributed by atoms with Crippen LogP contribution in [0.1, 0.15) is 0 Å². The summed E-state index contributed by atoms with van der Waals surface area (Å²) in [5.74, 6) is -39.6. The van der Waals surface area contributed by atoms with Crippen molar-refractivity contribution in [3.8, 4) is 0 Å². The zero-order chi connectivity index (χ0) is 43.1. The number of halogens is 16. The second-order valence-corrected chi connectivity index (χ2v) is 15.9. The van der Waals surface area contributed by atoms with Gasteiger partial charge in [0.05, 0.1) is 6.43 Å². The number of hydrogen-bond acceptors (Lipinski definition) is 0. The fourth-order valence-corrected chi connectivity index (χ4v) is 10.0. The summed E-state index contributed by atoms with van der Waals surface area (Å²) in [4.78, 5) is 0. The molecule has 5 radical (unpaired) electrons. The summed E-state index contributed by atoms with van der Waals surface area (Å²) in [5, 5.41) is 5.89. The van der Waals surface area contributed by atoms with E-state index < -0.39 is 42.2 Å². The average Bonchev–Trinajstić information content (AvgIpc) is 3.79. The fourth-order valence-electron chi connectivity index (χ4n) is 4.66. The molecule has 0 aromatic heterocycles. The van der Waals surface area contributed by atoms with Crippen LogP contribution in [0, 0.1) is 38.5 Å². The van der Waals surface area contributed by atoms with Crippen LogP contribution in [0.4, 0.5) is 65.9 Å². The molecule has 19 heteroatoms. The second-order valence-electron chi connectivity index (χ2n) is 11.2. The largest absolute Gasteiger partial charge is 0.0622 e. The molecule has 1 aliphatic carbocycles. The SMILES string of the molecule is F[C-](F)C(F)(F)C(F)(F)C(F)(F)C(F)(F)C(F)(F)C(F)(F)F.[CH]1[CH][CH][CH][CH]1.[Co+][I].c1ccc(P(CCP(c2ccccc2)c2ccccc2)c2ccccc2)cc1. The Labute approximate surface area is 342 Å². The van der Waals surface area contributed by atoms with Crippen molar-refractivity contribution in [3.63, 3.8) is 0 Å². The maximum atomic E-state index is 12.6. The quantitative estimate of drug-likeness (QED) is 0.0574. The molecule has 0 heterocycles. The van der Waals surface area contributed by atoms with Crippen molar-refractivity contribution in [2.24, 2.45) is 0 Å². The first-order valence-electron chi connectivity index (χ1n) is 15.8. The molecule has 0 nitrogen and oxygen atoms in total. The maximum absolute atomic E-state index is 12.6. The van der Waals surface area contributed by atoms with Crippen LogP contribution < -0.4 is 21.2 Å². The van der Waals surface area contributed by atoms with Gasteiger partial charge in [0.25, 0.3) is 5.92 Å². The zero-order valence-corrected chi connectivity index (χ0v) is 33.6. The van der Waals surface area contributed by atoms with Gasteiger partial charge in [0.15, 0.2) is 0 Å². The van der Waals surface area contributed by atoms with Crippen LogP contribution >= 0.6 is 36.3 Å². The molecule has 0 unspecified atom stereocenters. The van der Waals surface area contributed by atoms with Crippen LogP contribution in [0.15, 0.2) is 121 Å². The summed E-state index contributed by atoms with van der Waals surface area (Å²) in [7, 11) is -0.696. The molecule has 0 N–H and O–H groups in total. The molecule has 312 valence electrons. The Kier molecular flexibility index (Phi) is 20.2. The monoisotopic (exact) mass is 1020 g/mol. The van der Waals surface area contributed by atoms with E-state index in [1.54, 1.807) is 0 Å². The van der Waals surface area contributed by atoms with Gasteiger partial charge in [-0.15, -0.1) is 0 Å². The predicted octanol–water partition coefficient (Wildman–Crippen LogP) is 12.3. The van der Waals surface area contributed by atoms with E-state index in [4.69, 9.17) is 0 Å². The third-order valence-electron chi connectivity index (χ3n) is 7.54. The zero-order valence-electron chi connectivity index (χ0n) is 28.6. The Balaban J connectivity index is 0.000000345. The third-order valence-corrected chi connectivity index (χ3v) is 12.9. The fraction of sp³-hybridized carbons (Fsp3) is 0.211. The van der Waals surface area contributed by atoms with E-state index in [9.17, 15) is 65.9 Å². The van der Waals surface area contributed by atoms with Crippen LogP contribution in [0.5, 0.6) is 0 Å². The van der Waals surface area contributed by atoms with Gasteiger partial charge in [0, 0.05) is 0 Å². The molecule has 0 spiro atoms. The van der Waals surface area contributed by atoms with Gasteiger partial charge in [-0.25, -0.2) is 8.78 Å². The Bertz CT molecular complexity index is 1530. The molecule has 1 aliphatic rings.